The van der Waals surface area contributed by atoms with Gasteiger partial charge in [-0.25, -0.2) is 4.98 Å². The average Bonchev–Trinajstić information content (AvgIpc) is 2.40. The number of anilines is 2. The molecule has 0 atom stereocenters. The highest BCUT2D eigenvalue weighted by Crippen LogP contribution is 2.28. The van der Waals surface area contributed by atoms with Crippen LogP contribution in [0.1, 0.15) is 32.6 Å². The van der Waals surface area contributed by atoms with Crippen molar-refractivity contribution in [3.63, 3.8) is 0 Å². The maximum Gasteiger partial charge on any atom is 0.224 e. The number of nitrogens with one attached hydrogen (secondary N) is 2. The first-order chi connectivity index (χ1) is 8.81. The molecule has 4 nitrogen and oxygen atoms in total. The van der Waals surface area contributed by atoms with Crippen molar-refractivity contribution in [3.05, 3.63) is 12.3 Å². The minimum absolute atomic E-state index is 0.567. The van der Waals surface area contributed by atoms with Crippen molar-refractivity contribution in [1.29, 1.82) is 0 Å². The third-order valence-corrected chi connectivity index (χ3v) is 4.49. The number of aromatic nitrogens is 2. The zero-order valence-electron chi connectivity index (χ0n) is 11.1. The van der Waals surface area contributed by atoms with Crippen molar-refractivity contribution < 1.29 is 0 Å². The van der Waals surface area contributed by atoms with Crippen LogP contribution >= 0.6 is 11.8 Å². The van der Waals surface area contributed by atoms with E-state index < -0.39 is 0 Å². The first kappa shape index (κ1) is 13.5. The molecule has 0 unspecified atom stereocenters. The van der Waals surface area contributed by atoms with Gasteiger partial charge >= 0.3 is 0 Å². The van der Waals surface area contributed by atoms with E-state index in [1.165, 1.54) is 25.7 Å². The van der Waals surface area contributed by atoms with Crippen LogP contribution in [0.15, 0.2) is 12.3 Å². The van der Waals surface area contributed by atoms with Gasteiger partial charge in [0, 0.05) is 24.0 Å². The van der Waals surface area contributed by atoms with Crippen molar-refractivity contribution in [1.82, 2.24) is 9.97 Å². The van der Waals surface area contributed by atoms with Gasteiger partial charge in [-0.2, -0.15) is 16.7 Å². The number of hydrogen-bond acceptors (Lipinski definition) is 5. The van der Waals surface area contributed by atoms with Crippen molar-refractivity contribution >= 4 is 23.5 Å². The zero-order chi connectivity index (χ0) is 12.8. The Kier molecular flexibility index (Phi) is 5.11. The molecule has 0 radical (unpaired) electrons. The molecule has 5 heteroatoms. The number of thioether (sulfide) groups is 1. The van der Waals surface area contributed by atoms with Crippen molar-refractivity contribution in [3.8, 4) is 0 Å². The minimum atomic E-state index is 0.567. The highest BCUT2D eigenvalue weighted by Gasteiger charge is 2.20. The van der Waals surface area contributed by atoms with Gasteiger partial charge in [-0.15, -0.1) is 0 Å². The normalized spacial score (nSPS) is 23.7. The average molecular weight is 266 g/mol. The second-order valence-electron chi connectivity index (χ2n) is 4.65. The van der Waals surface area contributed by atoms with Crippen LogP contribution in [-0.2, 0) is 0 Å². The smallest absolute Gasteiger partial charge is 0.224 e. The van der Waals surface area contributed by atoms with Crippen LogP contribution in [0.3, 0.4) is 0 Å². The third kappa shape index (κ3) is 3.77. The maximum atomic E-state index is 4.46. The lowest BCUT2D eigenvalue weighted by atomic mass is 9.95. The summed E-state index contributed by atoms with van der Waals surface area (Å²) in [5.74, 6) is 1.65. The van der Waals surface area contributed by atoms with Crippen LogP contribution < -0.4 is 10.6 Å². The van der Waals surface area contributed by atoms with Crippen LogP contribution in [-0.4, -0.2) is 34.1 Å². The molecule has 0 saturated heterocycles. The lowest BCUT2D eigenvalue weighted by Crippen LogP contribution is -2.27. The Bertz CT molecular complexity index is 364. The van der Waals surface area contributed by atoms with E-state index in [-0.39, 0.29) is 0 Å². The van der Waals surface area contributed by atoms with E-state index in [2.05, 4.69) is 26.9 Å². The van der Waals surface area contributed by atoms with Gasteiger partial charge < -0.3 is 10.6 Å². The van der Waals surface area contributed by atoms with Crippen molar-refractivity contribution in [2.24, 2.45) is 0 Å². The third-order valence-electron chi connectivity index (χ3n) is 3.35. The van der Waals surface area contributed by atoms with Crippen molar-refractivity contribution in [2.45, 2.75) is 43.9 Å². The van der Waals surface area contributed by atoms with E-state index in [1.54, 1.807) is 6.20 Å². The molecular weight excluding hydrogens is 244 g/mol. The van der Waals surface area contributed by atoms with E-state index in [0.717, 1.165) is 17.6 Å². The topological polar surface area (TPSA) is 49.8 Å². The van der Waals surface area contributed by atoms with Gasteiger partial charge in [0.05, 0.1) is 0 Å². The van der Waals surface area contributed by atoms with Crippen LogP contribution in [0, 0.1) is 0 Å². The Balaban J connectivity index is 1.87. The molecule has 0 amide bonds. The Morgan fingerprint density at radius 1 is 1.33 bits per heavy atom. The summed E-state index contributed by atoms with van der Waals surface area (Å²) in [6, 6.07) is 2.51. The Morgan fingerprint density at radius 3 is 2.78 bits per heavy atom. The van der Waals surface area contributed by atoms with Crippen LogP contribution in [0.2, 0.25) is 0 Å². The summed E-state index contributed by atoms with van der Waals surface area (Å²) in [5.41, 5.74) is 0. The van der Waals surface area contributed by atoms with Gasteiger partial charge in [0.15, 0.2) is 0 Å². The van der Waals surface area contributed by atoms with Crippen LogP contribution in [0.5, 0.6) is 0 Å². The molecule has 1 fully saturated rings. The number of rotatable bonds is 5. The first-order valence-electron chi connectivity index (χ1n) is 6.68. The second-order valence-corrected chi connectivity index (χ2v) is 5.79. The Labute approximate surface area is 113 Å². The lowest BCUT2D eigenvalue weighted by molar-refractivity contribution is 0.472. The van der Waals surface area contributed by atoms with Gasteiger partial charge in [0.2, 0.25) is 5.95 Å². The molecule has 18 heavy (non-hydrogen) atoms. The van der Waals surface area contributed by atoms with Crippen molar-refractivity contribution in [2.75, 3.05) is 23.4 Å². The summed E-state index contributed by atoms with van der Waals surface area (Å²) < 4.78 is 0. The Hall–Kier alpha value is -0.970. The molecule has 1 aliphatic carbocycles. The molecule has 1 heterocycles. The maximum absolute atomic E-state index is 4.46. The SMILES string of the molecule is CCNc1nccc(NC2CCC(SC)CC2)n1. The Morgan fingerprint density at radius 2 is 2.11 bits per heavy atom. The number of hydrogen-bond donors (Lipinski definition) is 2. The summed E-state index contributed by atoms with van der Waals surface area (Å²) in [6.07, 6.45) is 9.12. The predicted molar refractivity (Wildman–Crippen MR) is 79.4 cm³/mol. The molecule has 0 spiro atoms. The minimum Gasteiger partial charge on any atom is -0.367 e. The standard InChI is InChI=1S/C13H22N4S/c1-3-14-13-15-9-8-12(17-13)16-10-4-6-11(18-2)7-5-10/h8-11H,3-7H2,1-2H3,(H2,14,15,16,17). The largest absolute Gasteiger partial charge is 0.367 e. The molecule has 1 aromatic rings. The summed E-state index contributed by atoms with van der Waals surface area (Å²) in [4.78, 5) is 8.64. The van der Waals surface area contributed by atoms with E-state index in [9.17, 15) is 0 Å². The molecule has 1 saturated carbocycles. The van der Waals surface area contributed by atoms with E-state index in [0.29, 0.717) is 12.0 Å². The summed E-state index contributed by atoms with van der Waals surface area (Å²) >= 11 is 2.00. The van der Waals surface area contributed by atoms with Gasteiger partial charge in [-0.3, -0.25) is 0 Å². The molecule has 100 valence electrons. The zero-order valence-corrected chi connectivity index (χ0v) is 12.0. The highest BCUT2D eigenvalue weighted by molar-refractivity contribution is 7.99. The van der Waals surface area contributed by atoms with Crippen LogP contribution in [0.25, 0.3) is 0 Å². The molecular formula is C13H22N4S. The predicted octanol–water partition coefficient (Wildman–Crippen LogP) is 2.99. The quantitative estimate of drug-likeness (QED) is 0.858. The van der Waals surface area contributed by atoms with Gasteiger partial charge in [-0.1, -0.05) is 0 Å². The summed E-state index contributed by atoms with van der Waals surface area (Å²) in [5, 5.41) is 7.51. The van der Waals surface area contributed by atoms with Crippen LogP contribution in [0.4, 0.5) is 11.8 Å². The van der Waals surface area contributed by atoms with Gasteiger partial charge in [0.1, 0.15) is 5.82 Å². The fourth-order valence-corrected chi connectivity index (χ4v) is 3.08. The molecule has 0 bridgehead atoms. The van der Waals surface area contributed by atoms with Gasteiger partial charge in [0.25, 0.3) is 0 Å². The molecule has 0 aliphatic heterocycles. The second kappa shape index (κ2) is 6.83. The molecule has 0 aromatic carbocycles. The van der Waals surface area contributed by atoms with E-state index >= 15 is 0 Å². The fraction of sp³-hybridized carbons (Fsp3) is 0.692. The summed E-state index contributed by atoms with van der Waals surface area (Å²) in [7, 11) is 0. The summed E-state index contributed by atoms with van der Waals surface area (Å²) in [6.45, 7) is 2.90. The highest BCUT2D eigenvalue weighted by atomic mass is 32.2. The van der Waals surface area contributed by atoms with E-state index in [4.69, 9.17) is 0 Å². The molecule has 1 aromatic heterocycles. The molecule has 2 rings (SSSR count). The van der Waals surface area contributed by atoms with E-state index in [1.807, 2.05) is 24.8 Å². The number of nitrogens with zero attached hydrogens (tertiary/aromatic N) is 2. The van der Waals surface area contributed by atoms with Gasteiger partial charge in [-0.05, 0) is 44.9 Å². The fourth-order valence-electron chi connectivity index (χ4n) is 2.33. The monoisotopic (exact) mass is 266 g/mol. The lowest BCUT2D eigenvalue weighted by Gasteiger charge is -2.28. The molecule has 1 aliphatic rings. The molecule has 2 N–H and O–H groups in total. The first-order valence-corrected chi connectivity index (χ1v) is 7.97.